The lowest BCUT2D eigenvalue weighted by Crippen LogP contribution is -2.25. The third-order valence-electron chi connectivity index (χ3n) is 7.50. The van der Waals surface area contributed by atoms with E-state index in [2.05, 4.69) is 139 Å². The predicted molar refractivity (Wildman–Crippen MR) is 161 cm³/mol. The molecule has 0 amide bonds. The van der Waals surface area contributed by atoms with Crippen molar-refractivity contribution in [2.45, 2.75) is 26.5 Å². The average molecular weight is 497 g/mol. The minimum Gasteiger partial charge on any atom is -0.389 e. The Labute approximate surface area is 224 Å². The first-order valence-electron chi connectivity index (χ1n) is 13.2. The van der Waals surface area contributed by atoms with E-state index in [-0.39, 0.29) is 0 Å². The van der Waals surface area contributed by atoms with E-state index >= 15 is 0 Å². The molecule has 3 heteroatoms. The molecule has 3 nitrogen and oxygen atoms in total. The lowest BCUT2D eigenvalue weighted by Gasteiger charge is -2.19. The summed E-state index contributed by atoms with van der Waals surface area (Å²) in [6.45, 7) is 5.16. The fourth-order valence-electron chi connectivity index (χ4n) is 5.46. The van der Waals surface area contributed by atoms with Gasteiger partial charge in [0, 0.05) is 28.6 Å². The molecule has 0 aliphatic carbocycles. The molecule has 1 heterocycles. The van der Waals surface area contributed by atoms with Crippen LogP contribution in [0.25, 0.3) is 44.1 Å². The van der Waals surface area contributed by atoms with E-state index < -0.39 is 6.10 Å². The van der Waals surface area contributed by atoms with Crippen LogP contribution in [0.4, 0.5) is 5.69 Å². The van der Waals surface area contributed by atoms with Gasteiger partial charge in [0.15, 0.2) is 0 Å². The van der Waals surface area contributed by atoms with Crippen LogP contribution in [0.1, 0.15) is 11.1 Å². The molecule has 2 N–H and O–H groups in total. The van der Waals surface area contributed by atoms with E-state index in [0.717, 1.165) is 22.5 Å². The van der Waals surface area contributed by atoms with Crippen LogP contribution in [0, 0.1) is 13.8 Å². The molecule has 1 atom stereocenters. The minimum atomic E-state index is -0.586. The first kappa shape index (κ1) is 24.0. The van der Waals surface area contributed by atoms with E-state index in [1.54, 1.807) is 0 Å². The van der Waals surface area contributed by atoms with Crippen molar-refractivity contribution in [3.63, 3.8) is 0 Å². The molecule has 0 saturated carbocycles. The van der Waals surface area contributed by atoms with Gasteiger partial charge >= 0.3 is 0 Å². The second-order valence-electron chi connectivity index (χ2n) is 10.1. The van der Waals surface area contributed by atoms with Gasteiger partial charge < -0.3 is 15.0 Å². The highest BCUT2D eigenvalue weighted by Gasteiger charge is 2.23. The summed E-state index contributed by atoms with van der Waals surface area (Å²) in [5.74, 6) is 0. The van der Waals surface area contributed by atoms with Crippen molar-refractivity contribution in [3.05, 3.63) is 126 Å². The van der Waals surface area contributed by atoms with Crippen LogP contribution in [-0.2, 0) is 6.54 Å². The summed E-state index contributed by atoms with van der Waals surface area (Å²) < 4.78 is 2.34. The smallest absolute Gasteiger partial charge is 0.0891 e. The zero-order valence-electron chi connectivity index (χ0n) is 21.9. The molecule has 1 aromatic heterocycles. The quantitative estimate of drug-likeness (QED) is 0.234. The van der Waals surface area contributed by atoms with Gasteiger partial charge in [-0.15, -0.1) is 0 Å². The van der Waals surface area contributed by atoms with E-state index in [9.17, 15) is 5.11 Å². The lowest BCUT2D eigenvalue weighted by molar-refractivity contribution is 0.169. The monoisotopic (exact) mass is 496 g/mol. The summed E-state index contributed by atoms with van der Waals surface area (Å²) in [6.07, 6.45) is -0.586. The van der Waals surface area contributed by atoms with E-state index in [1.807, 2.05) is 0 Å². The third-order valence-corrected chi connectivity index (χ3v) is 7.50. The maximum Gasteiger partial charge on any atom is 0.0891 e. The highest BCUT2D eigenvalue weighted by molar-refractivity contribution is 6.15. The Balaban J connectivity index is 1.52. The summed E-state index contributed by atoms with van der Waals surface area (Å²) in [5.41, 5.74) is 9.34. The molecule has 0 spiro atoms. The maximum atomic E-state index is 11.4. The van der Waals surface area contributed by atoms with Crippen molar-refractivity contribution in [2.24, 2.45) is 0 Å². The number of aryl methyl sites for hydroxylation is 2. The Kier molecular flexibility index (Phi) is 6.45. The molecule has 0 unspecified atom stereocenters. The number of aliphatic hydroxyl groups is 1. The lowest BCUT2D eigenvalue weighted by atomic mass is 9.97. The maximum absolute atomic E-state index is 11.4. The highest BCUT2D eigenvalue weighted by atomic mass is 16.3. The van der Waals surface area contributed by atoms with E-state index in [1.165, 1.54) is 38.4 Å². The number of benzene rings is 5. The number of aliphatic hydroxyl groups excluding tert-OH is 1. The van der Waals surface area contributed by atoms with Crippen LogP contribution in [-0.4, -0.2) is 22.3 Å². The molecule has 0 aliphatic heterocycles. The van der Waals surface area contributed by atoms with Crippen molar-refractivity contribution in [1.82, 2.24) is 4.57 Å². The number of aromatic nitrogens is 1. The Bertz CT molecular complexity index is 1720. The van der Waals surface area contributed by atoms with Crippen LogP contribution >= 0.6 is 0 Å². The molecule has 0 radical (unpaired) electrons. The normalized spacial score (nSPS) is 12.2. The number of hydrogen-bond acceptors (Lipinski definition) is 2. The topological polar surface area (TPSA) is 37.2 Å². The highest BCUT2D eigenvalue weighted by Crippen LogP contribution is 2.43. The number of rotatable bonds is 7. The standard InChI is InChI=1S/C35H32N2O/c1-24-17-19-29(21-25(24)2)36-22-30(38)23-37-34(28-14-7-4-8-15-28)33(27-12-5-3-6-13-27)32-20-18-26-11-9-10-16-31(26)35(32)37/h3-21,30,36,38H,22-23H2,1-2H3/t30-/m1/s1. The van der Waals surface area contributed by atoms with E-state index in [4.69, 9.17) is 0 Å². The Morgan fingerprint density at radius 1 is 0.684 bits per heavy atom. The summed E-state index contributed by atoms with van der Waals surface area (Å²) in [6, 6.07) is 40.5. The number of hydrogen-bond donors (Lipinski definition) is 2. The van der Waals surface area contributed by atoms with Gasteiger partial charge in [-0.3, -0.25) is 0 Å². The summed E-state index contributed by atoms with van der Waals surface area (Å²) in [5, 5.41) is 18.4. The number of nitrogens with one attached hydrogen (secondary N) is 1. The van der Waals surface area contributed by atoms with Gasteiger partial charge in [-0.1, -0.05) is 103 Å². The van der Waals surface area contributed by atoms with E-state index in [0.29, 0.717) is 13.1 Å². The molecule has 6 rings (SSSR count). The van der Waals surface area contributed by atoms with Gasteiger partial charge in [0.25, 0.3) is 0 Å². The van der Waals surface area contributed by atoms with Gasteiger partial charge in [-0.05, 0) is 53.6 Å². The zero-order valence-corrected chi connectivity index (χ0v) is 21.9. The molecule has 5 aromatic carbocycles. The second kappa shape index (κ2) is 10.2. The zero-order chi connectivity index (χ0) is 26.1. The minimum absolute atomic E-state index is 0.460. The van der Waals surface area contributed by atoms with Gasteiger partial charge in [0.05, 0.1) is 23.9 Å². The second-order valence-corrected chi connectivity index (χ2v) is 10.1. The van der Waals surface area contributed by atoms with Gasteiger partial charge in [0.1, 0.15) is 0 Å². The Morgan fingerprint density at radius 3 is 2.11 bits per heavy atom. The molecule has 188 valence electrons. The van der Waals surface area contributed by atoms with Crippen LogP contribution in [0.2, 0.25) is 0 Å². The average Bonchev–Trinajstić information content (AvgIpc) is 3.29. The van der Waals surface area contributed by atoms with Crippen LogP contribution in [0.5, 0.6) is 0 Å². The SMILES string of the molecule is Cc1ccc(NC[C@@H](O)Cn2c(-c3ccccc3)c(-c3ccccc3)c3ccc4ccccc4c32)cc1C. The molecular formula is C35H32N2O. The number of fused-ring (bicyclic) bond motifs is 3. The van der Waals surface area contributed by atoms with Crippen LogP contribution < -0.4 is 5.32 Å². The largest absolute Gasteiger partial charge is 0.389 e. The first-order chi connectivity index (χ1) is 18.6. The van der Waals surface area contributed by atoms with Crippen molar-refractivity contribution in [1.29, 1.82) is 0 Å². The Hall–Kier alpha value is -4.34. The first-order valence-corrected chi connectivity index (χ1v) is 13.2. The molecule has 0 saturated heterocycles. The third kappa shape index (κ3) is 4.46. The Morgan fingerprint density at radius 2 is 1.37 bits per heavy atom. The summed E-state index contributed by atoms with van der Waals surface area (Å²) in [7, 11) is 0. The van der Waals surface area contributed by atoms with Gasteiger partial charge in [0.2, 0.25) is 0 Å². The van der Waals surface area contributed by atoms with Crippen LogP contribution in [0.15, 0.2) is 115 Å². The fraction of sp³-hybridized carbons (Fsp3) is 0.143. The van der Waals surface area contributed by atoms with Crippen molar-refractivity contribution in [3.8, 4) is 22.4 Å². The molecule has 6 aromatic rings. The molecule has 0 bridgehead atoms. The van der Waals surface area contributed by atoms with Gasteiger partial charge in [-0.25, -0.2) is 0 Å². The fourth-order valence-corrected chi connectivity index (χ4v) is 5.46. The van der Waals surface area contributed by atoms with Gasteiger partial charge in [-0.2, -0.15) is 0 Å². The summed E-state index contributed by atoms with van der Waals surface area (Å²) in [4.78, 5) is 0. The molecular weight excluding hydrogens is 464 g/mol. The van der Waals surface area contributed by atoms with Crippen LogP contribution in [0.3, 0.4) is 0 Å². The number of anilines is 1. The molecule has 0 fully saturated rings. The molecule has 38 heavy (non-hydrogen) atoms. The van der Waals surface area contributed by atoms with Crippen molar-refractivity contribution in [2.75, 3.05) is 11.9 Å². The summed E-state index contributed by atoms with van der Waals surface area (Å²) >= 11 is 0. The number of nitrogens with zero attached hydrogens (tertiary/aromatic N) is 1. The molecule has 0 aliphatic rings. The van der Waals surface area contributed by atoms with Crippen molar-refractivity contribution < 1.29 is 5.11 Å². The van der Waals surface area contributed by atoms with Crippen molar-refractivity contribution >= 4 is 27.4 Å². The predicted octanol–water partition coefficient (Wildman–Crippen LogP) is 8.22.